The molecule has 0 aromatic heterocycles. The summed E-state index contributed by atoms with van der Waals surface area (Å²) >= 11 is 7.34. The van der Waals surface area contributed by atoms with Crippen LogP contribution in [0.2, 0.25) is 5.02 Å². The highest BCUT2D eigenvalue weighted by molar-refractivity contribution is 7.21. The van der Waals surface area contributed by atoms with Crippen LogP contribution in [0.4, 0.5) is 0 Å². The van der Waals surface area contributed by atoms with Crippen LogP contribution < -0.4 is 5.43 Å². The molecule has 1 aliphatic carbocycles. The van der Waals surface area contributed by atoms with E-state index in [1.165, 1.54) is 0 Å². The van der Waals surface area contributed by atoms with Crippen LogP contribution in [-0.4, -0.2) is 4.98 Å². The molecular weight excluding hydrogens is 242 g/mol. The second kappa shape index (κ2) is 3.54. The minimum atomic E-state index is -0.150. The van der Waals surface area contributed by atoms with Gasteiger partial charge in [0.25, 0.3) is 0 Å². The SMILES string of the molecule is O=c1cc2sc3ccccc3nc-2cc1Cl. The molecule has 0 radical (unpaired) electrons. The maximum absolute atomic E-state index is 11.4. The number of fused-ring (bicyclic) bond motifs is 2. The van der Waals surface area contributed by atoms with Crippen LogP contribution in [0.25, 0.3) is 20.8 Å². The molecule has 2 nitrogen and oxygen atoms in total. The number of nitrogens with zero attached hydrogens (tertiary/aromatic N) is 1. The molecule has 0 atom stereocenters. The van der Waals surface area contributed by atoms with Gasteiger partial charge >= 0.3 is 0 Å². The molecule has 16 heavy (non-hydrogen) atoms. The lowest BCUT2D eigenvalue weighted by atomic mass is 10.2. The molecule has 0 saturated carbocycles. The van der Waals surface area contributed by atoms with Gasteiger partial charge in [-0.2, -0.15) is 0 Å². The van der Waals surface area contributed by atoms with Crippen molar-refractivity contribution >= 4 is 33.2 Å². The molecule has 1 aromatic rings. The van der Waals surface area contributed by atoms with E-state index in [1.54, 1.807) is 23.5 Å². The molecule has 0 fully saturated rings. The molecule has 0 amide bonds. The number of rotatable bonds is 0. The standard InChI is InChI=1S/C12H6ClNOS/c13-7-5-9-12(6-10(7)15)16-11-4-2-1-3-8(11)14-9/h1-6H. The van der Waals surface area contributed by atoms with Crippen molar-refractivity contribution in [2.45, 2.75) is 0 Å². The summed E-state index contributed by atoms with van der Waals surface area (Å²) in [5.74, 6) is 0. The Bertz CT molecular complexity index is 707. The number of benzene rings is 2. The summed E-state index contributed by atoms with van der Waals surface area (Å²) in [7, 11) is 0. The minimum absolute atomic E-state index is 0.150. The smallest absolute Gasteiger partial charge is 0.198 e. The molecule has 0 bridgehead atoms. The molecule has 0 unspecified atom stereocenters. The van der Waals surface area contributed by atoms with Crippen LogP contribution in [0.5, 0.6) is 0 Å². The van der Waals surface area contributed by atoms with Gasteiger partial charge in [-0.1, -0.05) is 23.7 Å². The van der Waals surface area contributed by atoms with Gasteiger partial charge in [0, 0.05) is 6.07 Å². The third-order valence-corrected chi connectivity index (χ3v) is 3.75. The first-order valence-corrected chi connectivity index (χ1v) is 5.93. The first-order valence-electron chi connectivity index (χ1n) is 4.73. The summed E-state index contributed by atoms with van der Waals surface area (Å²) in [5.41, 5.74) is 1.55. The predicted octanol–water partition coefficient (Wildman–Crippen LogP) is 3.41. The van der Waals surface area contributed by atoms with Gasteiger partial charge in [0.2, 0.25) is 0 Å². The van der Waals surface area contributed by atoms with Crippen molar-refractivity contribution in [3.8, 4) is 10.6 Å². The van der Waals surface area contributed by atoms with Gasteiger partial charge in [-0.25, -0.2) is 4.98 Å². The fraction of sp³-hybridized carbons (Fsp3) is 0. The number of hydrogen-bond acceptors (Lipinski definition) is 3. The van der Waals surface area contributed by atoms with Crippen molar-refractivity contribution in [1.82, 2.24) is 4.98 Å². The summed E-state index contributed by atoms with van der Waals surface area (Å²) in [4.78, 5) is 16.8. The van der Waals surface area contributed by atoms with E-state index < -0.39 is 0 Å². The van der Waals surface area contributed by atoms with E-state index in [4.69, 9.17) is 11.6 Å². The quantitative estimate of drug-likeness (QED) is 0.570. The highest BCUT2D eigenvalue weighted by atomic mass is 35.5. The van der Waals surface area contributed by atoms with Gasteiger partial charge in [0.15, 0.2) is 5.43 Å². The number of hydrogen-bond donors (Lipinski definition) is 0. The van der Waals surface area contributed by atoms with Gasteiger partial charge < -0.3 is 0 Å². The molecule has 0 spiro atoms. The van der Waals surface area contributed by atoms with Crippen molar-refractivity contribution in [3.63, 3.8) is 0 Å². The predicted molar refractivity (Wildman–Crippen MR) is 67.5 cm³/mol. The molecule has 78 valence electrons. The van der Waals surface area contributed by atoms with E-state index in [1.807, 2.05) is 24.3 Å². The third kappa shape index (κ3) is 1.49. The van der Waals surface area contributed by atoms with Crippen LogP contribution in [0.15, 0.2) is 41.2 Å². The maximum atomic E-state index is 11.4. The topological polar surface area (TPSA) is 30.0 Å². The summed E-state index contributed by atoms with van der Waals surface area (Å²) in [5, 5.41) is 0.225. The number of para-hydroxylation sites is 1. The van der Waals surface area contributed by atoms with Crippen LogP contribution in [0.1, 0.15) is 0 Å². The molecule has 4 heteroatoms. The van der Waals surface area contributed by atoms with Crippen LogP contribution >= 0.6 is 22.9 Å². The van der Waals surface area contributed by atoms with Crippen molar-refractivity contribution < 1.29 is 0 Å². The molecule has 0 saturated heterocycles. The van der Waals surface area contributed by atoms with Crippen LogP contribution in [0, 0.1) is 0 Å². The van der Waals surface area contributed by atoms with Gasteiger partial charge in [-0.05, 0) is 18.2 Å². The Balaban J connectivity index is 2.48. The molecule has 3 rings (SSSR count). The molecule has 0 N–H and O–H groups in total. The normalized spacial score (nSPS) is 11.1. The Hall–Kier alpha value is -1.45. The first-order chi connectivity index (χ1) is 7.74. The zero-order valence-electron chi connectivity index (χ0n) is 8.11. The Morgan fingerprint density at radius 2 is 2.00 bits per heavy atom. The number of aromatic nitrogens is 1. The zero-order chi connectivity index (χ0) is 11.1. The van der Waals surface area contributed by atoms with E-state index in [-0.39, 0.29) is 10.5 Å². The lowest BCUT2D eigenvalue weighted by molar-refractivity contribution is 1.41. The Kier molecular flexibility index (Phi) is 2.16. The van der Waals surface area contributed by atoms with Crippen molar-refractivity contribution in [1.29, 1.82) is 0 Å². The highest BCUT2D eigenvalue weighted by Gasteiger charge is 2.09. The fourth-order valence-electron chi connectivity index (χ4n) is 1.58. The zero-order valence-corrected chi connectivity index (χ0v) is 9.68. The van der Waals surface area contributed by atoms with Gasteiger partial charge in [0.1, 0.15) is 0 Å². The second-order valence-corrected chi connectivity index (χ2v) is 4.92. The fourth-order valence-corrected chi connectivity index (χ4v) is 2.71. The van der Waals surface area contributed by atoms with Crippen molar-refractivity contribution in [3.05, 3.63) is 51.6 Å². The van der Waals surface area contributed by atoms with E-state index in [0.717, 1.165) is 20.8 Å². The molecule has 1 heterocycles. The largest absolute Gasteiger partial charge is 0.288 e. The minimum Gasteiger partial charge on any atom is -0.288 e. The van der Waals surface area contributed by atoms with Crippen molar-refractivity contribution in [2.24, 2.45) is 0 Å². The van der Waals surface area contributed by atoms with Crippen LogP contribution in [-0.2, 0) is 0 Å². The lowest BCUT2D eigenvalue weighted by Crippen LogP contribution is -2.01. The van der Waals surface area contributed by atoms with Gasteiger partial charge in [0.05, 0.1) is 25.8 Å². The van der Waals surface area contributed by atoms with E-state index in [9.17, 15) is 4.79 Å². The van der Waals surface area contributed by atoms with E-state index in [2.05, 4.69) is 4.98 Å². The van der Waals surface area contributed by atoms with Gasteiger partial charge in [-0.15, -0.1) is 11.3 Å². The molecular formula is C12H6ClNOS. The molecule has 1 aromatic carbocycles. The van der Waals surface area contributed by atoms with Crippen molar-refractivity contribution in [2.75, 3.05) is 0 Å². The third-order valence-electron chi connectivity index (χ3n) is 2.34. The number of halogens is 1. The summed E-state index contributed by atoms with van der Waals surface area (Å²) in [6, 6.07) is 11.0. The molecule has 2 aliphatic rings. The summed E-state index contributed by atoms with van der Waals surface area (Å²) in [6.07, 6.45) is 0. The monoisotopic (exact) mass is 247 g/mol. The summed E-state index contributed by atoms with van der Waals surface area (Å²) < 4.78 is 1.07. The lowest BCUT2D eigenvalue weighted by Gasteiger charge is -2.05. The Morgan fingerprint density at radius 1 is 1.19 bits per heavy atom. The average molecular weight is 248 g/mol. The highest BCUT2D eigenvalue weighted by Crippen LogP contribution is 2.30. The molecule has 1 aliphatic heterocycles. The Labute approximate surface area is 100 Å². The first kappa shape index (κ1) is 9.75. The maximum Gasteiger partial charge on any atom is 0.198 e. The van der Waals surface area contributed by atoms with Crippen LogP contribution in [0.3, 0.4) is 0 Å². The van der Waals surface area contributed by atoms with E-state index in [0.29, 0.717) is 0 Å². The average Bonchev–Trinajstić information content (AvgIpc) is 2.28. The van der Waals surface area contributed by atoms with E-state index >= 15 is 0 Å². The second-order valence-electron chi connectivity index (χ2n) is 3.43. The summed E-state index contributed by atoms with van der Waals surface area (Å²) in [6.45, 7) is 0. The van der Waals surface area contributed by atoms with Gasteiger partial charge in [-0.3, -0.25) is 4.79 Å². The Morgan fingerprint density at radius 3 is 2.88 bits per heavy atom.